The van der Waals surface area contributed by atoms with Gasteiger partial charge < -0.3 is 15.0 Å². The number of carbonyl (C=O) groups is 2. The van der Waals surface area contributed by atoms with Gasteiger partial charge in [-0.2, -0.15) is 0 Å². The topological polar surface area (TPSA) is 71.5 Å². The van der Waals surface area contributed by atoms with Gasteiger partial charge in [0.1, 0.15) is 5.82 Å². The molecule has 1 aromatic carbocycles. The van der Waals surface area contributed by atoms with Crippen molar-refractivity contribution in [1.82, 2.24) is 15.2 Å². The highest BCUT2D eigenvalue weighted by molar-refractivity contribution is 5.84. The highest BCUT2D eigenvalue weighted by atomic mass is 19.1. The molecule has 7 heteroatoms. The summed E-state index contributed by atoms with van der Waals surface area (Å²) >= 11 is 0. The highest BCUT2D eigenvalue weighted by Crippen LogP contribution is 2.41. The van der Waals surface area contributed by atoms with Crippen molar-refractivity contribution in [1.29, 1.82) is 0 Å². The van der Waals surface area contributed by atoms with Crippen LogP contribution in [0.4, 0.5) is 4.39 Å². The maximum Gasteiger partial charge on any atom is 0.229 e. The first kappa shape index (κ1) is 22.4. The summed E-state index contributed by atoms with van der Waals surface area (Å²) in [6.07, 6.45) is 5.09. The Bertz CT molecular complexity index is 957. The standard InChI is InChI=1S/C25H30FN3O3/c1-18(30)27-16-19-8-9-22(28-17-19)23-7-4-12-29(23)24(31)25(10-13-32-14-11-25)15-20-5-2-3-6-21(20)26/h2-3,5-6,8-9,17,23H,4,7,10-16H2,1H3,(H,27,30). The van der Waals surface area contributed by atoms with Gasteiger partial charge >= 0.3 is 0 Å². The summed E-state index contributed by atoms with van der Waals surface area (Å²) in [6, 6.07) is 10.5. The molecule has 4 rings (SSSR count). The third-order valence-electron chi connectivity index (χ3n) is 6.63. The number of amides is 2. The number of nitrogens with zero attached hydrogens (tertiary/aromatic N) is 2. The predicted octanol–water partition coefficient (Wildman–Crippen LogP) is 3.56. The molecule has 1 aromatic heterocycles. The summed E-state index contributed by atoms with van der Waals surface area (Å²) in [5, 5.41) is 2.77. The molecule has 170 valence electrons. The van der Waals surface area contributed by atoms with Gasteiger partial charge in [-0.3, -0.25) is 14.6 Å². The number of carbonyl (C=O) groups excluding carboxylic acids is 2. The number of aromatic nitrogens is 1. The van der Waals surface area contributed by atoms with Crippen LogP contribution in [0.1, 0.15) is 55.5 Å². The fraction of sp³-hybridized carbons (Fsp3) is 0.480. The average Bonchev–Trinajstić information content (AvgIpc) is 3.29. The number of nitrogens with one attached hydrogen (secondary N) is 1. The van der Waals surface area contributed by atoms with Crippen molar-refractivity contribution in [2.75, 3.05) is 19.8 Å². The molecule has 2 aliphatic rings. The van der Waals surface area contributed by atoms with E-state index < -0.39 is 5.41 Å². The van der Waals surface area contributed by atoms with Crippen molar-refractivity contribution in [3.8, 4) is 0 Å². The van der Waals surface area contributed by atoms with E-state index in [1.54, 1.807) is 18.3 Å². The maximum absolute atomic E-state index is 14.5. The Balaban J connectivity index is 1.55. The number of rotatable bonds is 6. The van der Waals surface area contributed by atoms with Crippen molar-refractivity contribution in [3.05, 3.63) is 65.2 Å². The molecular formula is C25H30FN3O3. The highest BCUT2D eigenvalue weighted by Gasteiger charge is 2.46. The fourth-order valence-corrected chi connectivity index (χ4v) is 4.82. The van der Waals surface area contributed by atoms with Crippen LogP contribution >= 0.6 is 0 Å². The number of halogens is 1. The van der Waals surface area contributed by atoms with E-state index in [-0.39, 0.29) is 23.7 Å². The Morgan fingerprint density at radius 2 is 2.00 bits per heavy atom. The Hall–Kier alpha value is -2.80. The predicted molar refractivity (Wildman–Crippen MR) is 118 cm³/mol. The molecule has 0 radical (unpaired) electrons. The van der Waals surface area contributed by atoms with Crippen molar-refractivity contribution < 1.29 is 18.7 Å². The van der Waals surface area contributed by atoms with E-state index in [1.807, 2.05) is 23.1 Å². The minimum atomic E-state index is -0.658. The Morgan fingerprint density at radius 3 is 2.69 bits per heavy atom. The van der Waals surface area contributed by atoms with Crippen molar-refractivity contribution >= 4 is 11.8 Å². The molecular weight excluding hydrogens is 409 g/mol. The SMILES string of the molecule is CC(=O)NCc1ccc(C2CCCN2C(=O)C2(Cc3ccccc3F)CCOCC2)nc1. The zero-order valence-corrected chi connectivity index (χ0v) is 18.5. The van der Waals surface area contributed by atoms with Crippen LogP contribution < -0.4 is 5.32 Å². The molecule has 2 saturated heterocycles. The molecule has 1 N–H and O–H groups in total. The molecule has 1 atom stereocenters. The van der Waals surface area contributed by atoms with Crippen LogP contribution in [-0.2, 0) is 27.3 Å². The van der Waals surface area contributed by atoms with Crippen LogP contribution in [0.2, 0.25) is 0 Å². The van der Waals surface area contributed by atoms with E-state index in [0.717, 1.165) is 24.1 Å². The fourth-order valence-electron chi connectivity index (χ4n) is 4.82. The number of ether oxygens (including phenoxy) is 1. The lowest BCUT2D eigenvalue weighted by atomic mass is 9.73. The number of hydrogen-bond donors (Lipinski definition) is 1. The summed E-state index contributed by atoms with van der Waals surface area (Å²) in [5.74, 6) is -0.269. The largest absolute Gasteiger partial charge is 0.381 e. The van der Waals surface area contributed by atoms with Crippen LogP contribution in [0.5, 0.6) is 0 Å². The van der Waals surface area contributed by atoms with E-state index in [2.05, 4.69) is 10.3 Å². The van der Waals surface area contributed by atoms with Crippen molar-refractivity contribution in [3.63, 3.8) is 0 Å². The first-order valence-corrected chi connectivity index (χ1v) is 11.3. The molecule has 0 aliphatic carbocycles. The van der Waals surface area contributed by atoms with E-state index >= 15 is 0 Å². The molecule has 2 aromatic rings. The van der Waals surface area contributed by atoms with Crippen molar-refractivity contribution in [2.24, 2.45) is 5.41 Å². The number of hydrogen-bond acceptors (Lipinski definition) is 4. The molecule has 1 unspecified atom stereocenters. The summed E-state index contributed by atoms with van der Waals surface area (Å²) in [4.78, 5) is 31.6. The number of pyridine rings is 1. The molecule has 0 saturated carbocycles. The zero-order valence-electron chi connectivity index (χ0n) is 18.5. The lowest BCUT2D eigenvalue weighted by Crippen LogP contribution is -2.48. The van der Waals surface area contributed by atoms with Gasteiger partial charge in [0.2, 0.25) is 11.8 Å². The number of benzene rings is 1. The molecule has 2 fully saturated rings. The zero-order chi connectivity index (χ0) is 22.6. The van der Waals surface area contributed by atoms with Crippen LogP contribution in [-0.4, -0.2) is 41.5 Å². The third kappa shape index (κ3) is 4.83. The first-order chi connectivity index (χ1) is 15.5. The second-order valence-electron chi connectivity index (χ2n) is 8.82. The van der Waals surface area contributed by atoms with Gasteiger partial charge in [-0.15, -0.1) is 0 Å². The second kappa shape index (κ2) is 9.77. The van der Waals surface area contributed by atoms with Gasteiger partial charge in [0.05, 0.1) is 17.2 Å². The molecule has 3 heterocycles. The molecule has 0 bridgehead atoms. The smallest absolute Gasteiger partial charge is 0.229 e. The first-order valence-electron chi connectivity index (χ1n) is 11.3. The van der Waals surface area contributed by atoms with Gasteiger partial charge in [-0.25, -0.2) is 4.39 Å². The van der Waals surface area contributed by atoms with Crippen LogP contribution in [0, 0.1) is 11.2 Å². The van der Waals surface area contributed by atoms with E-state index in [9.17, 15) is 14.0 Å². The van der Waals surface area contributed by atoms with Crippen LogP contribution in [0.25, 0.3) is 0 Å². The molecule has 32 heavy (non-hydrogen) atoms. The molecule has 0 spiro atoms. The second-order valence-corrected chi connectivity index (χ2v) is 8.82. The summed E-state index contributed by atoms with van der Waals surface area (Å²) in [5.41, 5.74) is 1.70. The summed E-state index contributed by atoms with van der Waals surface area (Å²) in [6.45, 7) is 3.61. The lowest BCUT2D eigenvalue weighted by molar-refractivity contribution is -0.149. The average molecular weight is 440 g/mol. The van der Waals surface area contributed by atoms with Crippen LogP contribution in [0.15, 0.2) is 42.6 Å². The third-order valence-corrected chi connectivity index (χ3v) is 6.63. The number of likely N-dealkylation sites (tertiary alicyclic amines) is 1. The van der Waals surface area contributed by atoms with Gasteiger partial charge in [0.15, 0.2) is 0 Å². The van der Waals surface area contributed by atoms with Gasteiger partial charge in [-0.05, 0) is 55.4 Å². The Morgan fingerprint density at radius 1 is 1.22 bits per heavy atom. The summed E-state index contributed by atoms with van der Waals surface area (Å²) < 4.78 is 20.0. The molecule has 6 nitrogen and oxygen atoms in total. The maximum atomic E-state index is 14.5. The van der Waals surface area contributed by atoms with Crippen molar-refractivity contribution in [2.45, 2.75) is 51.6 Å². The monoisotopic (exact) mass is 439 g/mol. The molecule has 2 aliphatic heterocycles. The van der Waals surface area contributed by atoms with E-state index in [1.165, 1.54) is 13.0 Å². The Labute approximate surface area is 188 Å². The minimum absolute atomic E-state index is 0.0793. The summed E-state index contributed by atoms with van der Waals surface area (Å²) in [7, 11) is 0. The van der Waals surface area contributed by atoms with Gasteiger partial charge in [0, 0.05) is 39.4 Å². The van der Waals surface area contributed by atoms with Gasteiger partial charge in [0.25, 0.3) is 0 Å². The van der Waals surface area contributed by atoms with Gasteiger partial charge in [-0.1, -0.05) is 24.3 Å². The van der Waals surface area contributed by atoms with E-state index in [0.29, 0.717) is 51.1 Å². The Kier molecular flexibility index (Phi) is 6.84. The van der Waals surface area contributed by atoms with Crippen LogP contribution in [0.3, 0.4) is 0 Å². The normalized spacial score (nSPS) is 20.2. The molecule has 2 amide bonds. The quantitative estimate of drug-likeness (QED) is 0.747. The van der Waals surface area contributed by atoms with E-state index in [4.69, 9.17) is 4.74 Å². The minimum Gasteiger partial charge on any atom is -0.381 e. The lowest BCUT2D eigenvalue weighted by Gasteiger charge is -2.40.